The molecule has 2 unspecified atom stereocenters. The molecule has 0 aliphatic carbocycles. The molecular weight excluding hydrogens is 308 g/mol. The van der Waals surface area contributed by atoms with Gasteiger partial charge in [0.1, 0.15) is 0 Å². The summed E-state index contributed by atoms with van der Waals surface area (Å²) in [5, 5.41) is 0. The zero-order chi connectivity index (χ0) is 15.5. The number of nitrogen functional groups attached to an aromatic ring is 1. The molecule has 7 heteroatoms. The molecule has 3 N–H and O–H groups in total. The first-order valence-corrected chi connectivity index (χ1v) is 9.56. The fraction of sp³-hybridized carbons (Fsp3) is 0.571. The van der Waals surface area contributed by atoms with E-state index in [0.29, 0.717) is 24.5 Å². The van der Waals surface area contributed by atoms with Gasteiger partial charge in [0.15, 0.2) is 0 Å². The average Bonchev–Trinajstić information content (AvgIpc) is 2.70. The first-order valence-electron chi connectivity index (χ1n) is 6.92. The number of anilines is 1. The second kappa shape index (κ2) is 6.56. The molecule has 1 heterocycles. The third-order valence-electron chi connectivity index (χ3n) is 3.78. The molecule has 1 saturated heterocycles. The van der Waals surface area contributed by atoms with Gasteiger partial charge in [0.2, 0.25) is 10.0 Å². The van der Waals surface area contributed by atoms with Crippen molar-refractivity contribution in [2.75, 3.05) is 23.8 Å². The lowest BCUT2D eigenvalue weighted by Gasteiger charge is -2.28. The highest BCUT2D eigenvalue weighted by Gasteiger charge is 2.39. The van der Waals surface area contributed by atoms with Gasteiger partial charge in [0, 0.05) is 22.9 Å². The van der Waals surface area contributed by atoms with Gasteiger partial charge in [-0.25, -0.2) is 13.1 Å². The largest absolute Gasteiger partial charge is 0.399 e. The lowest BCUT2D eigenvalue weighted by molar-refractivity contribution is 0.0957. The van der Waals surface area contributed by atoms with Gasteiger partial charge < -0.3 is 10.5 Å². The Labute approximate surface area is 130 Å². The van der Waals surface area contributed by atoms with Crippen molar-refractivity contribution in [1.29, 1.82) is 0 Å². The molecule has 1 aliphatic heterocycles. The highest BCUT2D eigenvalue weighted by Crippen LogP contribution is 2.26. The topological polar surface area (TPSA) is 81.4 Å². The van der Waals surface area contributed by atoms with Crippen LogP contribution in [0.5, 0.6) is 0 Å². The lowest BCUT2D eigenvalue weighted by atomic mass is 9.97. The van der Waals surface area contributed by atoms with E-state index in [1.54, 1.807) is 0 Å². The summed E-state index contributed by atoms with van der Waals surface area (Å²) in [5.41, 5.74) is 5.83. The van der Waals surface area contributed by atoms with Crippen LogP contribution in [-0.4, -0.2) is 38.2 Å². The molecule has 0 radical (unpaired) electrons. The van der Waals surface area contributed by atoms with Gasteiger partial charge in [0.25, 0.3) is 0 Å². The van der Waals surface area contributed by atoms with Crippen LogP contribution < -0.4 is 10.5 Å². The highest BCUT2D eigenvalue weighted by atomic mass is 32.2. The fourth-order valence-electron chi connectivity index (χ4n) is 2.21. The van der Waals surface area contributed by atoms with Gasteiger partial charge in [-0.2, -0.15) is 0 Å². The van der Waals surface area contributed by atoms with Gasteiger partial charge in [-0.15, -0.1) is 11.8 Å². The molecule has 0 aromatic heterocycles. The van der Waals surface area contributed by atoms with E-state index in [0.717, 1.165) is 4.90 Å². The summed E-state index contributed by atoms with van der Waals surface area (Å²) in [6, 6.07) is 7.42. The first-order chi connectivity index (χ1) is 9.81. The highest BCUT2D eigenvalue weighted by molar-refractivity contribution is 8.00. The van der Waals surface area contributed by atoms with E-state index in [1.165, 1.54) is 11.8 Å². The molecule has 21 heavy (non-hydrogen) atoms. The van der Waals surface area contributed by atoms with Crippen LogP contribution in [0.1, 0.15) is 20.3 Å². The number of sulfonamides is 1. The van der Waals surface area contributed by atoms with Crippen molar-refractivity contribution in [2.45, 2.75) is 36.8 Å². The lowest BCUT2D eigenvalue weighted by Crippen LogP contribution is -2.51. The van der Waals surface area contributed by atoms with Crippen molar-refractivity contribution in [3.05, 3.63) is 24.3 Å². The van der Waals surface area contributed by atoms with Crippen molar-refractivity contribution in [1.82, 2.24) is 4.72 Å². The molecule has 1 fully saturated rings. The Bertz CT molecular complexity index is 574. The number of rotatable bonds is 6. The van der Waals surface area contributed by atoms with E-state index < -0.39 is 15.6 Å². The molecule has 5 nitrogen and oxygen atoms in total. The van der Waals surface area contributed by atoms with Crippen LogP contribution in [0.4, 0.5) is 5.69 Å². The number of hydrogen-bond acceptors (Lipinski definition) is 5. The van der Waals surface area contributed by atoms with E-state index in [-0.39, 0.29) is 11.9 Å². The zero-order valence-electron chi connectivity index (χ0n) is 12.3. The molecule has 118 valence electrons. The van der Waals surface area contributed by atoms with Crippen molar-refractivity contribution in [3.8, 4) is 0 Å². The number of nitrogens with one attached hydrogen (secondary N) is 1. The SMILES string of the molecule is CC1OCCC1(C)NS(=O)(=O)CCSc1ccc(N)cc1. The van der Waals surface area contributed by atoms with Gasteiger partial charge in [-0.3, -0.25) is 0 Å². The summed E-state index contributed by atoms with van der Waals surface area (Å²) in [5.74, 6) is 0.592. The second-order valence-corrected chi connectivity index (χ2v) is 8.53. The summed E-state index contributed by atoms with van der Waals surface area (Å²) >= 11 is 1.51. The van der Waals surface area contributed by atoms with Crippen molar-refractivity contribution in [2.24, 2.45) is 0 Å². The summed E-state index contributed by atoms with van der Waals surface area (Å²) in [4.78, 5) is 1.02. The molecule has 1 aromatic carbocycles. The predicted molar refractivity (Wildman–Crippen MR) is 86.9 cm³/mol. The van der Waals surface area contributed by atoms with Crippen LogP contribution in [0.15, 0.2) is 29.2 Å². The Morgan fingerprint density at radius 2 is 2.10 bits per heavy atom. The Morgan fingerprint density at radius 1 is 1.43 bits per heavy atom. The normalized spacial score (nSPS) is 26.1. The van der Waals surface area contributed by atoms with E-state index in [2.05, 4.69) is 4.72 Å². The Hall–Kier alpha value is -0.760. The first kappa shape index (κ1) is 16.6. The predicted octanol–water partition coefficient (Wildman–Crippen LogP) is 1.85. The van der Waals surface area contributed by atoms with Crippen molar-refractivity contribution >= 4 is 27.5 Å². The number of benzene rings is 1. The summed E-state index contributed by atoms with van der Waals surface area (Å²) in [6.45, 7) is 4.40. The van der Waals surface area contributed by atoms with E-state index in [1.807, 2.05) is 38.1 Å². The third kappa shape index (κ3) is 4.60. The fourth-order valence-corrected chi connectivity index (χ4v) is 5.06. The molecule has 2 rings (SSSR count). The number of nitrogens with two attached hydrogens (primary N) is 1. The van der Waals surface area contributed by atoms with Crippen LogP contribution in [0.3, 0.4) is 0 Å². The van der Waals surface area contributed by atoms with E-state index in [4.69, 9.17) is 10.5 Å². The standard InChI is InChI=1S/C14H22N2O3S2/c1-11-14(2,7-8-19-11)16-21(17,18)10-9-20-13-5-3-12(15)4-6-13/h3-6,11,16H,7-10,15H2,1-2H3. The molecule has 2 atom stereocenters. The molecule has 0 spiro atoms. The van der Waals surface area contributed by atoms with Gasteiger partial charge in [-0.1, -0.05) is 0 Å². The van der Waals surface area contributed by atoms with E-state index >= 15 is 0 Å². The molecule has 1 aliphatic rings. The average molecular weight is 330 g/mol. The summed E-state index contributed by atoms with van der Waals surface area (Å²) in [7, 11) is -3.31. The van der Waals surface area contributed by atoms with Crippen molar-refractivity contribution < 1.29 is 13.2 Å². The number of ether oxygens (including phenoxy) is 1. The number of hydrogen-bond donors (Lipinski definition) is 2. The van der Waals surface area contributed by atoms with Crippen molar-refractivity contribution in [3.63, 3.8) is 0 Å². The maximum absolute atomic E-state index is 12.2. The van der Waals surface area contributed by atoms with Crippen LogP contribution in [0.2, 0.25) is 0 Å². The van der Waals surface area contributed by atoms with Crippen LogP contribution >= 0.6 is 11.8 Å². The quantitative estimate of drug-likeness (QED) is 0.614. The third-order valence-corrected chi connectivity index (χ3v) is 6.57. The molecule has 0 amide bonds. The minimum atomic E-state index is -3.31. The van der Waals surface area contributed by atoms with E-state index in [9.17, 15) is 8.42 Å². The molecule has 0 bridgehead atoms. The molecular formula is C14H22N2O3S2. The zero-order valence-corrected chi connectivity index (χ0v) is 14.0. The monoisotopic (exact) mass is 330 g/mol. The van der Waals surface area contributed by atoms with Crippen LogP contribution in [0.25, 0.3) is 0 Å². The maximum Gasteiger partial charge on any atom is 0.213 e. The van der Waals surface area contributed by atoms with Gasteiger partial charge in [-0.05, 0) is 44.5 Å². The Kier molecular flexibility index (Phi) is 5.19. The van der Waals surface area contributed by atoms with Gasteiger partial charge >= 0.3 is 0 Å². The minimum absolute atomic E-state index is 0.0877. The van der Waals surface area contributed by atoms with Gasteiger partial charge in [0.05, 0.1) is 17.4 Å². The second-order valence-electron chi connectivity index (χ2n) is 5.52. The van der Waals surface area contributed by atoms with Crippen LogP contribution in [-0.2, 0) is 14.8 Å². The summed E-state index contributed by atoms with van der Waals surface area (Å²) < 4.78 is 32.6. The minimum Gasteiger partial charge on any atom is -0.399 e. The summed E-state index contributed by atoms with van der Waals surface area (Å²) in [6.07, 6.45) is 0.607. The number of thioether (sulfide) groups is 1. The maximum atomic E-state index is 12.2. The Balaban J connectivity index is 1.85. The smallest absolute Gasteiger partial charge is 0.213 e. The Morgan fingerprint density at radius 3 is 2.67 bits per heavy atom. The molecule has 0 saturated carbocycles. The molecule has 1 aromatic rings. The van der Waals surface area contributed by atoms with Crippen LogP contribution in [0, 0.1) is 0 Å².